The molecule has 2 rings (SSSR count). The van der Waals surface area contributed by atoms with Gasteiger partial charge in [-0.3, -0.25) is 4.79 Å². The van der Waals surface area contributed by atoms with Crippen molar-refractivity contribution in [1.29, 1.82) is 10.5 Å². The van der Waals surface area contributed by atoms with Crippen LogP contribution in [0.1, 0.15) is 16.7 Å². The predicted molar refractivity (Wildman–Crippen MR) is 106 cm³/mol. The normalized spacial score (nSPS) is 9.96. The minimum Gasteiger partial charge on any atom is -0.383 e. The number of nitrogens with two attached hydrogens (primary N) is 1. The lowest BCUT2D eigenvalue weighted by molar-refractivity contribution is -0.127. The van der Waals surface area contributed by atoms with Crippen molar-refractivity contribution in [2.45, 2.75) is 11.6 Å². The number of carbonyl (C=O) groups excluding carboxylic acids is 1. The zero-order chi connectivity index (χ0) is 20.0. The Morgan fingerprint density at radius 1 is 1.15 bits per heavy atom. The van der Waals surface area contributed by atoms with Gasteiger partial charge in [-0.05, 0) is 23.8 Å². The maximum atomic E-state index is 12.4. The van der Waals surface area contributed by atoms with Crippen LogP contribution in [0.5, 0.6) is 0 Å². The molecule has 0 aliphatic heterocycles. The molecule has 8 heteroatoms. The van der Waals surface area contributed by atoms with Gasteiger partial charge in [0.25, 0.3) is 0 Å². The van der Waals surface area contributed by atoms with Gasteiger partial charge >= 0.3 is 0 Å². The lowest BCUT2D eigenvalue weighted by Gasteiger charge is -2.18. The van der Waals surface area contributed by atoms with Crippen LogP contribution in [0.4, 0.5) is 11.5 Å². The van der Waals surface area contributed by atoms with Gasteiger partial charge in [-0.1, -0.05) is 23.9 Å². The fourth-order valence-corrected chi connectivity index (χ4v) is 3.19. The van der Waals surface area contributed by atoms with Crippen LogP contribution in [-0.2, 0) is 11.3 Å². The number of hydrogen-bond donors (Lipinski definition) is 1. The van der Waals surface area contributed by atoms with E-state index in [1.165, 1.54) is 6.07 Å². The minimum atomic E-state index is -0.0923. The van der Waals surface area contributed by atoms with Crippen molar-refractivity contribution < 1.29 is 4.79 Å². The summed E-state index contributed by atoms with van der Waals surface area (Å²) in [5.74, 6) is 0.0883. The Morgan fingerprint density at radius 3 is 2.33 bits per heavy atom. The Hall–Kier alpha value is -3.23. The van der Waals surface area contributed by atoms with Gasteiger partial charge in [0, 0.05) is 33.4 Å². The summed E-state index contributed by atoms with van der Waals surface area (Å²) in [6.45, 7) is 0.487. The van der Waals surface area contributed by atoms with E-state index in [1.54, 1.807) is 11.9 Å². The highest BCUT2D eigenvalue weighted by Crippen LogP contribution is 2.24. The molecule has 0 bridgehead atoms. The number of nitriles is 2. The smallest absolute Gasteiger partial charge is 0.233 e. The third kappa shape index (κ3) is 5.13. The molecular formula is C19H20N6OS. The molecular weight excluding hydrogens is 360 g/mol. The monoisotopic (exact) mass is 380 g/mol. The summed E-state index contributed by atoms with van der Waals surface area (Å²) in [6.07, 6.45) is 0. The van der Waals surface area contributed by atoms with Crippen molar-refractivity contribution >= 4 is 29.2 Å². The minimum absolute atomic E-state index is 0.0563. The topological polar surface area (TPSA) is 110 Å². The Kier molecular flexibility index (Phi) is 6.64. The van der Waals surface area contributed by atoms with Gasteiger partial charge in [0.2, 0.25) is 5.91 Å². The van der Waals surface area contributed by atoms with Crippen LogP contribution in [0.25, 0.3) is 0 Å². The number of benzene rings is 1. The summed E-state index contributed by atoms with van der Waals surface area (Å²) in [7, 11) is 5.68. The number of anilines is 2. The number of aromatic nitrogens is 1. The number of nitrogen functional groups attached to an aromatic ring is 1. The van der Waals surface area contributed by atoms with Gasteiger partial charge < -0.3 is 15.5 Å². The van der Waals surface area contributed by atoms with Crippen molar-refractivity contribution in [3.05, 3.63) is 47.0 Å². The van der Waals surface area contributed by atoms with Crippen LogP contribution in [0.2, 0.25) is 0 Å². The molecule has 2 aromatic rings. The molecule has 2 N–H and O–H groups in total. The first-order valence-electron chi connectivity index (χ1n) is 8.09. The second-order valence-electron chi connectivity index (χ2n) is 6.10. The summed E-state index contributed by atoms with van der Waals surface area (Å²) < 4.78 is 0. The summed E-state index contributed by atoms with van der Waals surface area (Å²) in [4.78, 5) is 20.1. The SMILES string of the molecule is CN(Cc1ccc(N(C)C)cc1)C(=O)CSc1nc(N)c(C#N)cc1C#N. The first kappa shape index (κ1) is 20.1. The van der Waals surface area contributed by atoms with E-state index in [-0.39, 0.29) is 28.6 Å². The van der Waals surface area contributed by atoms with Crippen LogP contribution in [0.15, 0.2) is 35.4 Å². The second kappa shape index (κ2) is 8.93. The van der Waals surface area contributed by atoms with Crippen LogP contribution in [0.3, 0.4) is 0 Å². The lowest BCUT2D eigenvalue weighted by atomic mass is 10.2. The van der Waals surface area contributed by atoms with E-state index in [9.17, 15) is 10.1 Å². The highest BCUT2D eigenvalue weighted by molar-refractivity contribution is 8.00. The van der Waals surface area contributed by atoms with E-state index >= 15 is 0 Å². The van der Waals surface area contributed by atoms with E-state index in [0.29, 0.717) is 11.6 Å². The van der Waals surface area contributed by atoms with E-state index < -0.39 is 0 Å². The van der Waals surface area contributed by atoms with Gasteiger partial charge in [0.1, 0.15) is 23.0 Å². The van der Waals surface area contributed by atoms with E-state index in [0.717, 1.165) is 23.0 Å². The van der Waals surface area contributed by atoms with Crippen LogP contribution in [-0.4, -0.2) is 42.7 Å². The van der Waals surface area contributed by atoms with E-state index in [1.807, 2.05) is 55.4 Å². The van der Waals surface area contributed by atoms with Crippen molar-refractivity contribution in [2.24, 2.45) is 0 Å². The zero-order valence-electron chi connectivity index (χ0n) is 15.4. The van der Waals surface area contributed by atoms with Gasteiger partial charge in [-0.15, -0.1) is 0 Å². The molecule has 1 amide bonds. The third-order valence-electron chi connectivity index (χ3n) is 3.89. The number of hydrogen-bond acceptors (Lipinski definition) is 7. The number of amides is 1. The Labute approximate surface area is 163 Å². The number of thioether (sulfide) groups is 1. The first-order valence-corrected chi connectivity index (χ1v) is 9.08. The maximum Gasteiger partial charge on any atom is 0.233 e. The van der Waals surface area contributed by atoms with Crippen molar-refractivity contribution in [3.63, 3.8) is 0 Å². The number of carbonyl (C=O) groups is 1. The predicted octanol–water partition coefficient (Wildman–Crippen LogP) is 2.22. The van der Waals surface area contributed by atoms with Crippen molar-refractivity contribution in [1.82, 2.24) is 9.88 Å². The van der Waals surface area contributed by atoms with Crippen molar-refractivity contribution in [3.8, 4) is 12.1 Å². The molecule has 0 aliphatic carbocycles. The molecule has 1 heterocycles. The summed E-state index contributed by atoms with van der Waals surface area (Å²) in [5.41, 5.74) is 8.21. The Balaban J connectivity index is 2.00. The summed E-state index contributed by atoms with van der Waals surface area (Å²) in [5, 5.41) is 18.5. The zero-order valence-corrected chi connectivity index (χ0v) is 16.2. The molecule has 1 aromatic carbocycles. The molecule has 1 aromatic heterocycles. The molecule has 0 atom stereocenters. The maximum absolute atomic E-state index is 12.4. The highest BCUT2D eigenvalue weighted by Gasteiger charge is 2.15. The lowest BCUT2D eigenvalue weighted by Crippen LogP contribution is -2.27. The largest absolute Gasteiger partial charge is 0.383 e. The molecule has 0 radical (unpaired) electrons. The van der Waals surface area contributed by atoms with Gasteiger partial charge in [0.15, 0.2) is 0 Å². The van der Waals surface area contributed by atoms with Gasteiger partial charge in [-0.25, -0.2) is 4.98 Å². The fourth-order valence-electron chi connectivity index (χ4n) is 2.29. The molecule has 0 aliphatic rings. The van der Waals surface area contributed by atoms with Gasteiger partial charge in [-0.2, -0.15) is 10.5 Å². The van der Waals surface area contributed by atoms with Crippen LogP contribution >= 0.6 is 11.8 Å². The molecule has 0 saturated carbocycles. The highest BCUT2D eigenvalue weighted by atomic mass is 32.2. The Bertz CT molecular complexity index is 912. The standard InChI is InChI=1S/C19H20N6OS/c1-24(2)16-6-4-13(5-7-16)11-25(3)17(26)12-27-19-15(10-21)8-14(9-20)18(22)23-19/h4-8H,11-12H2,1-3H3,(H2,22,23). The number of nitrogens with zero attached hydrogens (tertiary/aromatic N) is 5. The molecule has 138 valence electrons. The quantitative estimate of drug-likeness (QED) is 0.765. The molecule has 27 heavy (non-hydrogen) atoms. The average molecular weight is 380 g/mol. The Morgan fingerprint density at radius 2 is 1.78 bits per heavy atom. The average Bonchev–Trinajstić information content (AvgIpc) is 2.66. The molecule has 0 unspecified atom stereocenters. The van der Waals surface area contributed by atoms with Crippen LogP contribution < -0.4 is 10.6 Å². The summed E-state index contributed by atoms with van der Waals surface area (Å²) >= 11 is 1.14. The first-order chi connectivity index (χ1) is 12.8. The second-order valence-corrected chi connectivity index (χ2v) is 7.06. The van der Waals surface area contributed by atoms with Crippen molar-refractivity contribution in [2.75, 3.05) is 37.5 Å². The van der Waals surface area contributed by atoms with Gasteiger partial charge in [0.05, 0.1) is 16.9 Å². The van der Waals surface area contributed by atoms with E-state index in [4.69, 9.17) is 11.0 Å². The van der Waals surface area contributed by atoms with E-state index in [2.05, 4.69) is 4.98 Å². The number of rotatable bonds is 6. The third-order valence-corrected chi connectivity index (χ3v) is 4.86. The molecule has 7 nitrogen and oxygen atoms in total. The molecule has 0 spiro atoms. The van der Waals surface area contributed by atoms with Crippen LogP contribution in [0, 0.1) is 22.7 Å². The number of pyridine rings is 1. The fraction of sp³-hybridized carbons (Fsp3) is 0.263. The molecule has 0 saturated heterocycles. The molecule has 0 fully saturated rings. The summed E-state index contributed by atoms with van der Waals surface area (Å²) in [6, 6.07) is 13.3.